The summed E-state index contributed by atoms with van der Waals surface area (Å²) in [5, 5.41) is 17.4. The summed E-state index contributed by atoms with van der Waals surface area (Å²) in [7, 11) is 5.44. The number of carbonyl (C=O) groups excluding carboxylic acids is 1. The van der Waals surface area contributed by atoms with Crippen molar-refractivity contribution >= 4 is 33.8 Å². The number of hydrogen-bond donors (Lipinski definition) is 4. The van der Waals surface area contributed by atoms with Gasteiger partial charge in [-0.25, -0.2) is 15.0 Å². The lowest BCUT2D eigenvalue weighted by molar-refractivity contribution is -0.131. The van der Waals surface area contributed by atoms with E-state index in [4.69, 9.17) is 14.7 Å². The molecule has 10 nitrogen and oxygen atoms in total. The third kappa shape index (κ3) is 5.34. The van der Waals surface area contributed by atoms with Crippen molar-refractivity contribution < 1.29 is 14.6 Å². The minimum atomic E-state index is -1.06. The Morgan fingerprint density at radius 2 is 2.08 bits per heavy atom. The number of methoxy groups -OCH3 is 1. The normalized spacial score (nSPS) is 13.4. The number of aliphatic hydroxyl groups excluding tert-OH is 1. The van der Waals surface area contributed by atoms with Gasteiger partial charge in [0.15, 0.2) is 5.82 Å². The van der Waals surface area contributed by atoms with Crippen molar-refractivity contribution in [3.05, 3.63) is 36.3 Å². The number of aryl methyl sites for hydroxylation is 1. The van der Waals surface area contributed by atoms with Crippen LogP contribution < -0.4 is 10.6 Å². The molecule has 10 heteroatoms. The number of imidazole rings is 1. The molecule has 36 heavy (non-hydrogen) atoms. The molecule has 4 N–H and O–H groups in total. The number of carbonyl (C=O) groups is 1. The van der Waals surface area contributed by atoms with Crippen molar-refractivity contribution in [3.8, 4) is 11.4 Å². The molecule has 4 aromatic rings. The number of nitrogens with one attached hydrogen (secondary N) is 3. The quantitative estimate of drug-likeness (QED) is 0.235. The average molecular weight is 494 g/mol. The zero-order valence-electron chi connectivity index (χ0n) is 21.5. The van der Waals surface area contributed by atoms with E-state index in [9.17, 15) is 9.90 Å². The second-order valence-electron chi connectivity index (χ2n) is 9.50. The van der Waals surface area contributed by atoms with Crippen LogP contribution in [0.25, 0.3) is 33.5 Å². The average Bonchev–Trinajstić information content (AvgIpc) is 3.46. The largest absolute Gasteiger partial charge is 0.385 e. The van der Waals surface area contributed by atoms with Crippen molar-refractivity contribution in [1.29, 1.82) is 0 Å². The predicted molar refractivity (Wildman–Crippen MR) is 141 cm³/mol. The van der Waals surface area contributed by atoms with Gasteiger partial charge in [0.2, 0.25) is 5.91 Å². The van der Waals surface area contributed by atoms with E-state index in [0.29, 0.717) is 25.3 Å². The van der Waals surface area contributed by atoms with E-state index in [2.05, 4.69) is 20.6 Å². The fraction of sp³-hybridized carbons (Fsp3) is 0.462. The zero-order valence-corrected chi connectivity index (χ0v) is 21.5. The Kier molecular flexibility index (Phi) is 7.85. The molecule has 192 valence electrons. The van der Waals surface area contributed by atoms with E-state index in [-0.39, 0.29) is 17.9 Å². The standard InChI is InChI=1S/C26H35N7O3/c1-15(2)12-21(34)26(35)31-18(10-7-11-36-5)17-8-6-9-19(29-17)20-13-16-23-22(28-14-33(23)4)25(27-3)32-24(16)30-20/h6,8-9,13-15,18,21,34H,7,10-12H2,1-5H3,(H,31,35)(H2,27,30,32)/t18-,21?/m0/s1. The molecule has 0 fully saturated rings. The van der Waals surface area contributed by atoms with Crippen molar-refractivity contribution in [2.75, 3.05) is 26.1 Å². The smallest absolute Gasteiger partial charge is 0.249 e. The number of aromatic amines is 1. The Morgan fingerprint density at radius 1 is 1.28 bits per heavy atom. The van der Waals surface area contributed by atoms with Crippen LogP contribution in [-0.2, 0) is 16.6 Å². The molecule has 2 atom stereocenters. The van der Waals surface area contributed by atoms with Gasteiger partial charge >= 0.3 is 0 Å². The predicted octanol–water partition coefficient (Wildman–Crippen LogP) is 3.54. The number of anilines is 1. The number of fused-ring (bicyclic) bond motifs is 3. The molecular formula is C26H35N7O3. The van der Waals surface area contributed by atoms with Gasteiger partial charge < -0.3 is 30.0 Å². The van der Waals surface area contributed by atoms with E-state index < -0.39 is 6.10 Å². The molecule has 0 radical (unpaired) electrons. The van der Waals surface area contributed by atoms with Gasteiger partial charge in [-0.1, -0.05) is 19.9 Å². The molecule has 0 spiro atoms. The van der Waals surface area contributed by atoms with Crippen molar-refractivity contribution in [2.45, 2.75) is 45.3 Å². The molecule has 1 unspecified atom stereocenters. The van der Waals surface area contributed by atoms with Gasteiger partial charge in [-0.2, -0.15) is 0 Å². The van der Waals surface area contributed by atoms with Crippen molar-refractivity contribution in [3.63, 3.8) is 0 Å². The van der Waals surface area contributed by atoms with Crippen molar-refractivity contribution in [2.24, 2.45) is 13.0 Å². The lowest BCUT2D eigenvalue weighted by atomic mass is 10.0. The fourth-order valence-corrected chi connectivity index (χ4v) is 4.45. The lowest BCUT2D eigenvalue weighted by Crippen LogP contribution is -2.38. The molecule has 0 bridgehead atoms. The molecule has 0 saturated heterocycles. The van der Waals surface area contributed by atoms with E-state index in [1.165, 1.54) is 0 Å². The van der Waals surface area contributed by atoms with Gasteiger partial charge in [0.25, 0.3) is 0 Å². The first-order valence-corrected chi connectivity index (χ1v) is 12.3. The summed E-state index contributed by atoms with van der Waals surface area (Å²) in [4.78, 5) is 30.2. The van der Waals surface area contributed by atoms with E-state index in [1.54, 1.807) is 13.4 Å². The van der Waals surface area contributed by atoms with Crippen LogP contribution in [0.4, 0.5) is 5.82 Å². The Morgan fingerprint density at radius 3 is 2.81 bits per heavy atom. The Bertz CT molecular complexity index is 1340. The van der Waals surface area contributed by atoms with Gasteiger partial charge in [-0.3, -0.25) is 4.79 Å². The molecule has 0 aliphatic heterocycles. The molecule has 0 aliphatic rings. The van der Waals surface area contributed by atoms with Crippen LogP contribution >= 0.6 is 0 Å². The van der Waals surface area contributed by atoms with Crippen LogP contribution in [-0.4, -0.2) is 62.4 Å². The number of aliphatic hydroxyl groups is 1. The lowest BCUT2D eigenvalue weighted by Gasteiger charge is -2.21. The number of nitrogens with zero attached hydrogens (tertiary/aromatic N) is 4. The fourth-order valence-electron chi connectivity index (χ4n) is 4.45. The summed E-state index contributed by atoms with van der Waals surface area (Å²) in [6.45, 7) is 4.53. The van der Waals surface area contributed by atoms with Crippen LogP contribution in [0.1, 0.15) is 44.8 Å². The van der Waals surface area contributed by atoms with Crippen LogP contribution in [0.3, 0.4) is 0 Å². The first-order valence-electron chi connectivity index (χ1n) is 12.3. The second-order valence-corrected chi connectivity index (χ2v) is 9.50. The highest BCUT2D eigenvalue weighted by atomic mass is 16.5. The Labute approximate surface area is 210 Å². The number of pyridine rings is 2. The molecule has 4 rings (SSSR count). The topological polar surface area (TPSA) is 130 Å². The molecule has 0 aliphatic carbocycles. The third-order valence-corrected chi connectivity index (χ3v) is 6.23. The van der Waals surface area contributed by atoms with Gasteiger partial charge in [-0.15, -0.1) is 0 Å². The monoisotopic (exact) mass is 493 g/mol. The maximum atomic E-state index is 12.7. The summed E-state index contributed by atoms with van der Waals surface area (Å²) in [6.07, 6.45) is 2.51. The number of hydrogen-bond acceptors (Lipinski definition) is 7. The summed E-state index contributed by atoms with van der Waals surface area (Å²) < 4.78 is 7.19. The van der Waals surface area contributed by atoms with E-state index in [0.717, 1.165) is 45.6 Å². The summed E-state index contributed by atoms with van der Waals surface area (Å²) in [5.41, 5.74) is 4.80. The zero-order chi connectivity index (χ0) is 25.8. The van der Waals surface area contributed by atoms with Gasteiger partial charge in [0.05, 0.1) is 35.0 Å². The summed E-state index contributed by atoms with van der Waals surface area (Å²) >= 11 is 0. The molecule has 4 aromatic heterocycles. The molecule has 4 heterocycles. The first-order chi connectivity index (χ1) is 17.3. The van der Waals surface area contributed by atoms with Gasteiger partial charge in [0, 0.05) is 33.2 Å². The molecule has 1 amide bonds. The SMILES string of the molecule is CNc1nc2[nH]c(-c3cccc([C@H](CCCOC)NC(=O)C(O)CC(C)C)n3)cc2c2c1ncn2C. The highest BCUT2D eigenvalue weighted by Crippen LogP contribution is 2.31. The van der Waals surface area contributed by atoms with Gasteiger partial charge in [0.1, 0.15) is 17.3 Å². The van der Waals surface area contributed by atoms with E-state index >= 15 is 0 Å². The number of ether oxygens (including phenoxy) is 1. The molecule has 0 saturated carbocycles. The van der Waals surface area contributed by atoms with Gasteiger partial charge in [-0.05, 0) is 43.4 Å². The maximum absolute atomic E-state index is 12.7. The first kappa shape index (κ1) is 25.6. The Hall–Kier alpha value is -3.50. The highest BCUT2D eigenvalue weighted by Gasteiger charge is 2.23. The third-order valence-electron chi connectivity index (χ3n) is 6.23. The minimum Gasteiger partial charge on any atom is -0.385 e. The minimum absolute atomic E-state index is 0.212. The van der Waals surface area contributed by atoms with Crippen molar-refractivity contribution in [1.82, 2.24) is 29.8 Å². The highest BCUT2D eigenvalue weighted by molar-refractivity contribution is 6.07. The summed E-state index contributed by atoms with van der Waals surface area (Å²) in [5.74, 6) is 0.532. The van der Waals surface area contributed by atoms with Crippen LogP contribution in [0.5, 0.6) is 0 Å². The second kappa shape index (κ2) is 11.0. The number of aromatic nitrogens is 5. The number of rotatable bonds is 11. The number of amides is 1. The molecule has 0 aromatic carbocycles. The maximum Gasteiger partial charge on any atom is 0.249 e. The van der Waals surface area contributed by atoms with Crippen LogP contribution in [0.2, 0.25) is 0 Å². The summed E-state index contributed by atoms with van der Waals surface area (Å²) in [6, 6.07) is 7.43. The Balaban J connectivity index is 1.68. The van der Waals surface area contributed by atoms with E-state index in [1.807, 2.05) is 56.8 Å². The van der Waals surface area contributed by atoms with Crippen LogP contribution in [0, 0.1) is 5.92 Å². The van der Waals surface area contributed by atoms with Crippen LogP contribution in [0.15, 0.2) is 30.6 Å². The molecular weight excluding hydrogens is 458 g/mol. The number of H-pyrrole nitrogens is 1.